The number of hydrogen-bond acceptors (Lipinski definition) is 4. The molecule has 17 heavy (non-hydrogen) atoms. The Bertz CT molecular complexity index is 388. The third-order valence-electron chi connectivity index (χ3n) is 3.08. The summed E-state index contributed by atoms with van der Waals surface area (Å²) < 4.78 is 5.05. The lowest BCUT2D eigenvalue weighted by Gasteiger charge is -2.18. The highest BCUT2D eigenvalue weighted by Crippen LogP contribution is 2.29. The predicted molar refractivity (Wildman–Crippen MR) is 63.9 cm³/mol. The van der Waals surface area contributed by atoms with Crippen molar-refractivity contribution in [3.05, 3.63) is 29.8 Å². The Morgan fingerprint density at radius 2 is 2.18 bits per heavy atom. The van der Waals surface area contributed by atoms with Gasteiger partial charge in [-0.3, -0.25) is 4.79 Å². The van der Waals surface area contributed by atoms with E-state index in [0.717, 1.165) is 18.5 Å². The van der Waals surface area contributed by atoms with Gasteiger partial charge in [0.15, 0.2) is 0 Å². The fraction of sp³-hybridized carbons (Fsp3) is 0.462. The van der Waals surface area contributed by atoms with Gasteiger partial charge in [0.1, 0.15) is 11.8 Å². The number of phenols is 1. The highest BCUT2D eigenvalue weighted by atomic mass is 16.5. The quantitative estimate of drug-likeness (QED) is 0.777. The van der Waals surface area contributed by atoms with Crippen LogP contribution in [0.5, 0.6) is 5.75 Å². The Hall–Kier alpha value is -1.55. The lowest BCUT2D eigenvalue weighted by Crippen LogP contribution is -2.36. The number of carbonyl (C=O) groups excluding carboxylic acids is 1. The van der Waals surface area contributed by atoms with E-state index in [9.17, 15) is 9.90 Å². The van der Waals surface area contributed by atoms with E-state index >= 15 is 0 Å². The highest BCUT2D eigenvalue weighted by Gasteiger charge is 2.34. The molecule has 2 unspecified atom stereocenters. The van der Waals surface area contributed by atoms with E-state index in [1.54, 1.807) is 12.1 Å². The van der Waals surface area contributed by atoms with Gasteiger partial charge in [0, 0.05) is 5.92 Å². The molecule has 1 aliphatic rings. The maximum absolute atomic E-state index is 11.8. The van der Waals surface area contributed by atoms with Crippen LogP contribution in [0.15, 0.2) is 24.3 Å². The Balaban J connectivity index is 2.14. The van der Waals surface area contributed by atoms with Gasteiger partial charge in [-0.25, -0.2) is 0 Å². The molecule has 0 aliphatic carbocycles. The van der Waals surface area contributed by atoms with Gasteiger partial charge in [-0.2, -0.15) is 0 Å². The summed E-state index contributed by atoms with van der Waals surface area (Å²) in [5, 5.41) is 12.4. The predicted octanol–water partition coefficient (Wildman–Crippen LogP) is 1.40. The summed E-state index contributed by atoms with van der Waals surface area (Å²) >= 11 is 0. The van der Waals surface area contributed by atoms with Crippen LogP contribution in [0, 0.1) is 0 Å². The molecular formula is C13H17NO3. The SMILES string of the molecule is CCOC(=O)C1NCCC1c1ccc(O)cc1. The van der Waals surface area contributed by atoms with E-state index in [0.29, 0.717) is 6.61 Å². The molecule has 0 bridgehead atoms. The lowest BCUT2D eigenvalue weighted by molar-refractivity contribution is -0.145. The van der Waals surface area contributed by atoms with E-state index in [4.69, 9.17) is 4.74 Å². The summed E-state index contributed by atoms with van der Waals surface area (Å²) in [6.07, 6.45) is 0.911. The van der Waals surface area contributed by atoms with Crippen LogP contribution in [-0.2, 0) is 9.53 Å². The number of carbonyl (C=O) groups is 1. The molecule has 2 N–H and O–H groups in total. The van der Waals surface area contributed by atoms with Crippen molar-refractivity contribution in [3.63, 3.8) is 0 Å². The van der Waals surface area contributed by atoms with Crippen molar-refractivity contribution in [2.45, 2.75) is 25.3 Å². The number of benzene rings is 1. The zero-order valence-corrected chi connectivity index (χ0v) is 9.85. The summed E-state index contributed by atoms with van der Waals surface area (Å²) in [6, 6.07) is 6.75. The molecule has 0 radical (unpaired) electrons. The number of hydrogen-bond donors (Lipinski definition) is 2. The first-order valence-electron chi connectivity index (χ1n) is 5.91. The molecule has 92 valence electrons. The zero-order chi connectivity index (χ0) is 12.3. The molecule has 0 spiro atoms. The molecule has 1 aromatic rings. The summed E-state index contributed by atoms with van der Waals surface area (Å²) in [6.45, 7) is 3.02. The summed E-state index contributed by atoms with van der Waals surface area (Å²) in [7, 11) is 0. The Morgan fingerprint density at radius 3 is 2.82 bits per heavy atom. The average Bonchev–Trinajstić information content (AvgIpc) is 2.79. The monoisotopic (exact) mass is 235 g/mol. The van der Waals surface area contributed by atoms with Crippen LogP contribution < -0.4 is 5.32 Å². The van der Waals surface area contributed by atoms with Crippen molar-refractivity contribution in [2.75, 3.05) is 13.2 Å². The normalized spacial score (nSPS) is 23.6. The van der Waals surface area contributed by atoms with Crippen molar-refractivity contribution >= 4 is 5.97 Å². The third kappa shape index (κ3) is 2.58. The molecule has 1 fully saturated rings. The first kappa shape index (κ1) is 11.9. The van der Waals surface area contributed by atoms with Gasteiger partial charge in [-0.1, -0.05) is 12.1 Å². The van der Waals surface area contributed by atoms with E-state index in [2.05, 4.69) is 5.32 Å². The minimum absolute atomic E-state index is 0.134. The first-order chi connectivity index (χ1) is 8.22. The van der Waals surface area contributed by atoms with Gasteiger partial charge in [0.2, 0.25) is 0 Å². The second-order valence-corrected chi connectivity index (χ2v) is 4.17. The fourth-order valence-electron chi connectivity index (χ4n) is 2.26. The lowest BCUT2D eigenvalue weighted by atomic mass is 9.92. The number of ether oxygens (including phenoxy) is 1. The molecule has 4 nitrogen and oxygen atoms in total. The van der Waals surface area contributed by atoms with Crippen LogP contribution in [0.1, 0.15) is 24.8 Å². The van der Waals surface area contributed by atoms with Crippen LogP contribution in [0.25, 0.3) is 0 Å². The summed E-state index contributed by atoms with van der Waals surface area (Å²) in [5.41, 5.74) is 1.06. The molecule has 0 amide bonds. The van der Waals surface area contributed by atoms with Crippen LogP contribution in [0.2, 0.25) is 0 Å². The minimum Gasteiger partial charge on any atom is -0.508 e. The maximum Gasteiger partial charge on any atom is 0.323 e. The molecule has 1 aliphatic heterocycles. The van der Waals surface area contributed by atoms with Crippen LogP contribution >= 0.6 is 0 Å². The van der Waals surface area contributed by atoms with Crippen molar-refractivity contribution in [3.8, 4) is 5.75 Å². The zero-order valence-electron chi connectivity index (χ0n) is 9.85. The number of rotatable bonds is 3. The summed E-state index contributed by atoms with van der Waals surface area (Å²) in [5.74, 6) is 0.185. The van der Waals surface area contributed by atoms with Gasteiger partial charge in [-0.15, -0.1) is 0 Å². The van der Waals surface area contributed by atoms with Crippen molar-refractivity contribution in [1.29, 1.82) is 0 Å². The van der Waals surface area contributed by atoms with Crippen LogP contribution in [-0.4, -0.2) is 30.3 Å². The highest BCUT2D eigenvalue weighted by molar-refractivity contribution is 5.77. The number of phenolic OH excluding ortho intramolecular Hbond substituents is 1. The number of aromatic hydroxyl groups is 1. The fourth-order valence-corrected chi connectivity index (χ4v) is 2.26. The van der Waals surface area contributed by atoms with Gasteiger partial charge in [-0.05, 0) is 37.6 Å². The molecule has 2 rings (SSSR count). The Morgan fingerprint density at radius 1 is 1.47 bits per heavy atom. The van der Waals surface area contributed by atoms with Crippen LogP contribution in [0.4, 0.5) is 0 Å². The molecule has 1 aromatic carbocycles. The van der Waals surface area contributed by atoms with E-state index in [1.807, 2.05) is 19.1 Å². The average molecular weight is 235 g/mol. The minimum atomic E-state index is -0.264. The molecule has 1 heterocycles. The largest absolute Gasteiger partial charge is 0.508 e. The molecule has 0 saturated carbocycles. The Labute approximate surface area is 101 Å². The molecule has 2 atom stereocenters. The van der Waals surface area contributed by atoms with Crippen molar-refractivity contribution < 1.29 is 14.6 Å². The van der Waals surface area contributed by atoms with Crippen molar-refractivity contribution in [1.82, 2.24) is 5.32 Å². The Kier molecular flexibility index (Phi) is 3.64. The number of nitrogens with one attached hydrogen (secondary N) is 1. The first-order valence-corrected chi connectivity index (χ1v) is 5.91. The standard InChI is InChI=1S/C13H17NO3/c1-2-17-13(16)12-11(7-8-14-12)9-3-5-10(15)6-4-9/h3-6,11-12,14-15H,2,7-8H2,1H3. The van der Waals surface area contributed by atoms with E-state index in [-0.39, 0.29) is 23.7 Å². The summed E-state index contributed by atoms with van der Waals surface area (Å²) in [4.78, 5) is 11.8. The molecular weight excluding hydrogens is 218 g/mol. The molecule has 0 aromatic heterocycles. The number of esters is 1. The van der Waals surface area contributed by atoms with Crippen LogP contribution in [0.3, 0.4) is 0 Å². The van der Waals surface area contributed by atoms with E-state index in [1.165, 1.54) is 0 Å². The topological polar surface area (TPSA) is 58.6 Å². The van der Waals surface area contributed by atoms with E-state index < -0.39 is 0 Å². The smallest absolute Gasteiger partial charge is 0.323 e. The second-order valence-electron chi connectivity index (χ2n) is 4.17. The van der Waals surface area contributed by atoms with Gasteiger partial charge in [0.25, 0.3) is 0 Å². The van der Waals surface area contributed by atoms with Gasteiger partial charge >= 0.3 is 5.97 Å². The molecule has 4 heteroatoms. The second kappa shape index (κ2) is 5.19. The van der Waals surface area contributed by atoms with Gasteiger partial charge in [0.05, 0.1) is 6.61 Å². The third-order valence-corrected chi connectivity index (χ3v) is 3.08. The molecule has 1 saturated heterocycles. The maximum atomic E-state index is 11.8. The van der Waals surface area contributed by atoms with Crippen molar-refractivity contribution in [2.24, 2.45) is 0 Å². The van der Waals surface area contributed by atoms with Gasteiger partial charge < -0.3 is 15.2 Å².